The van der Waals surface area contributed by atoms with Crippen LogP contribution in [-0.4, -0.2) is 10.8 Å². The van der Waals surface area contributed by atoms with Gasteiger partial charge in [0.2, 0.25) is 0 Å². The molecule has 5 N–H and O–H groups in total. The van der Waals surface area contributed by atoms with Crippen LogP contribution in [0.25, 0.3) is 0 Å². The highest BCUT2D eigenvalue weighted by Gasteiger charge is 2.00. The van der Waals surface area contributed by atoms with E-state index in [0.29, 0.717) is 5.69 Å². The third-order valence-electron chi connectivity index (χ3n) is 1.68. The van der Waals surface area contributed by atoms with Gasteiger partial charge in [0.1, 0.15) is 0 Å². The largest absolute Gasteiger partial charge is 0.398 e. The average molecular weight is 208 g/mol. The average Bonchev–Trinajstić information content (AvgIpc) is 2.15. The van der Waals surface area contributed by atoms with Crippen molar-refractivity contribution in [2.45, 2.75) is 6.92 Å². The minimum absolute atomic E-state index is 0.138. The molecule has 0 aliphatic carbocycles. The lowest BCUT2D eigenvalue weighted by atomic mass is 10.1. The molecule has 1 aromatic carbocycles. The van der Waals surface area contributed by atoms with Gasteiger partial charge in [-0.2, -0.15) is 5.10 Å². The van der Waals surface area contributed by atoms with Gasteiger partial charge in [-0.3, -0.25) is 5.43 Å². The van der Waals surface area contributed by atoms with Gasteiger partial charge in [-0.05, 0) is 25.2 Å². The monoisotopic (exact) mass is 208 g/mol. The Kier molecular flexibility index (Phi) is 3.41. The third kappa shape index (κ3) is 2.70. The number of benzene rings is 1. The Morgan fingerprint density at radius 2 is 2.07 bits per heavy atom. The molecule has 0 atom stereocenters. The number of nitrogens with two attached hydrogens (primary N) is 2. The second-order valence-electron chi connectivity index (χ2n) is 2.76. The van der Waals surface area contributed by atoms with E-state index in [1.807, 2.05) is 31.2 Å². The van der Waals surface area contributed by atoms with E-state index in [2.05, 4.69) is 22.7 Å². The van der Waals surface area contributed by atoms with E-state index in [4.69, 9.17) is 11.5 Å². The molecule has 0 bridgehead atoms. The number of rotatable bonds is 2. The smallest absolute Gasteiger partial charge is 0.184 e. The molecule has 0 fully saturated rings. The first-order chi connectivity index (χ1) is 6.61. The number of para-hydroxylation sites is 1. The summed E-state index contributed by atoms with van der Waals surface area (Å²) < 4.78 is 0. The van der Waals surface area contributed by atoms with Gasteiger partial charge in [0.05, 0.1) is 5.71 Å². The second-order valence-corrected chi connectivity index (χ2v) is 3.20. The van der Waals surface area contributed by atoms with E-state index >= 15 is 0 Å². The van der Waals surface area contributed by atoms with Crippen LogP contribution in [0.4, 0.5) is 5.69 Å². The SMILES string of the molecule is CC(=NNC(N)=S)c1ccccc1N. The molecule has 0 aliphatic rings. The van der Waals surface area contributed by atoms with E-state index in [1.54, 1.807) is 0 Å². The number of hydrogen-bond donors (Lipinski definition) is 3. The standard InChI is InChI=1S/C9H12N4S/c1-6(12-13-9(11)14)7-4-2-3-5-8(7)10/h2-5H,10H2,1H3,(H3,11,13,14). The number of anilines is 1. The van der Waals surface area contributed by atoms with Crippen LogP contribution < -0.4 is 16.9 Å². The quantitative estimate of drug-likeness (QED) is 0.291. The zero-order valence-corrected chi connectivity index (χ0v) is 8.64. The Morgan fingerprint density at radius 3 is 2.64 bits per heavy atom. The van der Waals surface area contributed by atoms with Crippen LogP contribution in [0, 0.1) is 0 Å². The van der Waals surface area contributed by atoms with Gasteiger partial charge in [-0.1, -0.05) is 18.2 Å². The van der Waals surface area contributed by atoms with Crippen LogP contribution in [0.15, 0.2) is 29.4 Å². The molecule has 0 aliphatic heterocycles. The van der Waals surface area contributed by atoms with Crippen molar-refractivity contribution in [3.8, 4) is 0 Å². The van der Waals surface area contributed by atoms with Gasteiger partial charge in [0, 0.05) is 11.3 Å². The summed E-state index contributed by atoms with van der Waals surface area (Å²) >= 11 is 4.63. The van der Waals surface area contributed by atoms with Gasteiger partial charge in [-0.25, -0.2) is 0 Å². The molecule has 1 rings (SSSR count). The number of thiocarbonyl (C=S) groups is 1. The van der Waals surface area contributed by atoms with Crippen molar-refractivity contribution in [3.63, 3.8) is 0 Å². The Hall–Kier alpha value is -1.62. The molecule has 0 spiro atoms. The highest BCUT2D eigenvalue weighted by molar-refractivity contribution is 7.80. The summed E-state index contributed by atoms with van der Waals surface area (Å²) in [7, 11) is 0. The molecule has 0 heterocycles. The summed E-state index contributed by atoms with van der Waals surface area (Å²) in [6, 6.07) is 7.46. The molecular formula is C9H12N4S. The minimum Gasteiger partial charge on any atom is -0.398 e. The summed E-state index contributed by atoms with van der Waals surface area (Å²) in [4.78, 5) is 0. The molecule has 4 nitrogen and oxygen atoms in total. The topological polar surface area (TPSA) is 76.4 Å². The summed E-state index contributed by atoms with van der Waals surface area (Å²) in [5.41, 5.74) is 15.8. The maximum atomic E-state index is 5.76. The Labute approximate surface area is 88.0 Å². The predicted octanol–water partition coefficient (Wildman–Crippen LogP) is 0.826. The number of hydrazone groups is 1. The van der Waals surface area contributed by atoms with Crippen molar-refractivity contribution in [2.75, 3.05) is 5.73 Å². The molecule has 0 saturated carbocycles. The first-order valence-corrected chi connectivity index (χ1v) is 4.46. The summed E-state index contributed by atoms with van der Waals surface area (Å²) in [6.45, 7) is 1.83. The lowest BCUT2D eigenvalue weighted by molar-refractivity contribution is 1.03. The molecule has 1 aromatic rings. The molecular weight excluding hydrogens is 196 g/mol. The Bertz CT molecular complexity index is 373. The maximum Gasteiger partial charge on any atom is 0.184 e. The van der Waals surface area contributed by atoms with E-state index in [0.717, 1.165) is 11.3 Å². The van der Waals surface area contributed by atoms with Crippen LogP contribution in [0.1, 0.15) is 12.5 Å². The lowest BCUT2D eigenvalue weighted by Crippen LogP contribution is -2.25. The van der Waals surface area contributed by atoms with Gasteiger partial charge in [0.25, 0.3) is 0 Å². The predicted molar refractivity (Wildman–Crippen MR) is 63.0 cm³/mol. The third-order valence-corrected chi connectivity index (χ3v) is 1.78. The van der Waals surface area contributed by atoms with Gasteiger partial charge in [-0.15, -0.1) is 0 Å². The maximum absolute atomic E-state index is 5.76. The molecule has 0 saturated heterocycles. The first-order valence-electron chi connectivity index (χ1n) is 4.06. The molecule has 0 unspecified atom stereocenters. The van der Waals surface area contributed by atoms with E-state index < -0.39 is 0 Å². The van der Waals surface area contributed by atoms with Crippen molar-refractivity contribution in [1.29, 1.82) is 0 Å². The summed E-state index contributed by atoms with van der Waals surface area (Å²) in [6.07, 6.45) is 0. The van der Waals surface area contributed by atoms with Crippen LogP contribution >= 0.6 is 12.2 Å². The van der Waals surface area contributed by atoms with Crippen molar-refractivity contribution in [1.82, 2.24) is 5.43 Å². The zero-order valence-electron chi connectivity index (χ0n) is 7.82. The minimum atomic E-state index is 0.138. The fraction of sp³-hybridized carbons (Fsp3) is 0.111. The molecule has 0 radical (unpaired) electrons. The fourth-order valence-electron chi connectivity index (χ4n) is 1.03. The molecule has 14 heavy (non-hydrogen) atoms. The summed E-state index contributed by atoms with van der Waals surface area (Å²) in [5.74, 6) is 0. The van der Waals surface area contributed by atoms with E-state index in [9.17, 15) is 0 Å². The highest BCUT2D eigenvalue weighted by Crippen LogP contribution is 2.10. The van der Waals surface area contributed by atoms with Gasteiger partial charge >= 0.3 is 0 Å². The number of nitrogens with zero attached hydrogens (tertiary/aromatic N) is 1. The van der Waals surface area contributed by atoms with E-state index in [-0.39, 0.29) is 5.11 Å². The first kappa shape index (κ1) is 10.5. The van der Waals surface area contributed by atoms with Gasteiger partial charge < -0.3 is 11.5 Å². The normalized spacial score (nSPS) is 11.1. The van der Waals surface area contributed by atoms with Crippen molar-refractivity contribution in [2.24, 2.45) is 10.8 Å². The number of nitrogen functional groups attached to an aromatic ring is 1. The molecule has 74 valence electrons. The fourth-order valence-corrected chi connectivity index (χ4v) is 1.07. The second kappa shape index (κ2) is 4.57. The number of nitrogens with one attached hydrogen (secondary N) is 1. The number of hydrogen-bond acceptors (Lipinski definition) is 3. The lowest BCUT2D eigenvalue weighted by Gasteiger charge is -2.04. The van der Waals surface area contributed by atoms with Gasteiger partial charge in [0.15, 0.2) is 5.11 Å². The summed E-state index contributed by atoms with van der Waals surface area (Å²) in [5, 5.41) is 4.11. The van der Waals surface area contributed by atoms with Crippen molar-refractivity contribution in [3.05, 3.63) is 29.8 Å². The van der Waals surface area contributed by atoms with Crippen molar-refractivity contribution >= 4 is 28.7 Å². The van der Waals surface area contributed by atoms with Crippen LogP contribution in [0.5, 0.6) is 0 Å². The van der Waals surface area contributed by atoms with Crippen molar-refractivity contribution < 1.29 is 0 Å². The van der Waals surface area contributed by atoms with Crippen LogP contribution in [0.2, 0.25) is 0 Å². The molecule has 5 heteroatoms. The Morgan fingerprint density at radius 1 is 1.43 bits per heavy atom. The van der Waals surface area contributed by atoms with Crippen LogP contribution in [-0.2, 0) is 0 Å². The highest BCUT2D eigenvalue weighted by atomic mass is 32.1. The van der Waals surface area contributed by atoms with E-state index in [1.165, 1.54) is 0 Å². The van der Waals surface area contributed by atoms with Crippen LogP contribution in [0.3, 0.4) is 0 Å². The molecule has 0 amide bonds. The molecule has 0 aromatic heterocycles. The Balaban J connectivity index is 2.89. The zero-order chi connectivity index (χ0) is 10.6.